The Morgan fingerprint density at radius 2 is 0.577 bits per heavy atom. The predicted octanol–water partition coefficient (Wildman–Crippen LogP) is 19.6. The van der Waals surface area contributed by atoms with Crippen LogP contribution in [0.3, 0.4) is 0 Å². The minimum Gasteiger partial charge on any atom is -0.248 e. The zero-order valence-corrected chi connectivity index (χ0v) is 42.2. The highest BCUT2D eigenvalue weighted by Crippen LogP contribution is 2.44. The molecule has 0 fully saturated rings. The summed E-state index contributed by atoms with van der Waals surface area (Å²) in [7, 11) is 0. The molecule has 78 heavy (non-hydrogen) atoms. The first-order chi connectivity index (χ1) is 38.6. The zero-order valence-electron chi connectivity index (χ0n) is 42.2. The molecule has 3 heterocycles. The van der Waals surface area contributed by atoms with Gasteiger partial charge in [-0.2, -0.15) is 0 Å². The maximum Gasteiger partial charge on any atom is 0.160 e. The van der Waals surface area contributed by atoms with Crippen molar-refractivity contribution < 1.29 is 0 Å². The molecule has 0 saturated heterocycles. The quantitative estimate of drug-likeness (QED) is 0.156. The van der Waals surface area contributed by atoms with E-state index in [-0.39, 0.29) is 0 Å². The van der Waals surface area contributed by atoms with E-state index >= 15 is 0 Å². The highest BCUT2D eigenvalue weighted by atomic mass is 14.9. The fourth-order valence-electron chi connectivity index (χ4n) is 12.2. The molecule has 0 aliphatic carbocycles. The van der Waals surface area contributed by atoms with Crippen molar-refractivity contribution in [3.63, 3.8) is 0 Å². The molecule has 360 valence electrons. The third kappa shape index (κ3) is 7.15. The second-order valence-electron chi connectivity index (χ2n) is 20.5. The van der Waals surface area contributed by atoms with Gasteiger partial charge in [0.1, 0.15) is 0 Å². The molecule has 0 aliphatic heterocycles. The maximum absolute atomic E-state index is 5.66. The summed E-state index contributed by atoms with van der Waals surface area (Å²) in [6.45, 7) is 0. The van der Waals surface area contributed by atoms with Crippen molar-refractivity contribution in [3.05, 3.63) is 267 Å². The van der Waals surface area contributed by atoms with Gasteiger partial charge < -0.3 is 0 Å². The molecule has 0 N–H and O–H groups in total. The smallest absolute Gasteiger partial charge is 0.160 e. The van der Waals surface area contributed by atoms with Crippen molar-refractivity contribution >= 4 is 97.3 Å². The van der Waals surface area contributed by atoms with Gasteiger partial charge in [-0.25, -0.2) is 19.9 Å². The van der Waals surface area contributed by atoms with Crippen LogP contribution in [0.15, 0.2) is 267 Å². The van der Waals surface area contributed by atoms with E-state index in [1.54, 1.807) is 0 Å². The number of nitrogens with zero attached hydrogens (tertiary/aromatic N) is 4. The normalized spacial score (nSPS) is 11.8. The van der Waals surface area contributed by atoms with Gasteiger partial charge in [0.05, 0.1) is 33.6 Å². The molecule has 13 aromatic carbocycles. The van der Waals surface area contributed by atoms with E-state index in [1.807, 2.05) is 12.1 Å². The molecule has 0 atom stereocenters. The molecule has 0 bridgehead atoms. The number of pyridine rings is 2. The minimum absolute atomic E-state index is 0.645. The number of hydrogen-bond donors (Lipinski definition) is 0. The molecule has 0 unspecified atom stereocenters. The van der Waals surface area contributed by atoms with Crippen molar-refractivity contribution in [2.45, 2.75) is 0 Å². The summed E-state index contributed by atoms with van der Waals surface area (Å²) >= 11 is 0. The van der Waals surface area contributed by atoms with Crippen molar-refractivity contribution in [2.75, 3.05) is 0 Å². The Labute approximate surface area is 449 Å². The molecule has 16 aromatic rings. The molecule has 3 aromatic heterocycles. The van der Waals surface area contributed by atoms with E-state index < -0.39 is 0 Å². The summed E-state index contributed by atoms with van der Waals surface area (Å²) in [6, 6.07) is 96.2. The van der Waals surface area contributed by atoms with Crippen LogP contribution in [0.5, 0.6) is 0 Å². The minimum atomic E-state index is 0.645. The number of para-hydroxylation sites is 2. The lowest BCUT2D eigenvalue weighted by atomic mass is 9.88. The van der Waals surface area contributed by atoms with Gasteiger partial charge in [0.25, 0.3) is 0 Å². The first-order valence-corrected chi connectivity index (χ1v) is 26.6. The van der Waals surface area contributed by atoms with Crippen LogP contribution in [-0.2, 0) is 0 Å². The van der Waals surface area contributed by atoms with Crippen LogP contribution in [0.2, 0.25) is 0 Å². The topological polar surface area (TPSA) is 51.6 Å². The van der Waals surface area contributed by atoms with E-state index in [2.05, 4.69) is 255 Å². The molecular formula is C74H44N4. The van der Waals surface area contributed by atoms with Gasteiger partial charge in [0.15, 0.2) is 5.82 Å². The number of fused-ring (bicyclic) bond motifs is 15. The third-order valence-corrected chi connectivity index (χ3v) is 16.0. The van der Waals surface area contributed by atoms with Crippen LogP contribution < -0.4 is 0 Å². The summed E-state index contributed by atoms with van der Waals surface area (Å²) in [5.41, 5.74) is 13.8. The van der Waals surface area contributed by atoms with Crippen LogP contribution in [0.1, 0.15) is 0 Å². The van der Waals surface area contributed by atoms with Crippen molar-refractivity contribution in [2.24, 2.45) is 0 Å². The van der Waals surface area contributed by atoms with Crippen molar-refractivity contribution in [1.82, 2.24) is 19.9 Å². The molecule has 0 aliphatic rings. The fraction of sp³-hybridized carbons (Fsp3) is 0. The van der Waals surface area contributed by atoms with Gasteiger partial charge >= 0.3 is 0 Å². The van der Waals surface area contributed by atoms with Gasteiger partial charge in [-0.3, -0.25) is 0 Å². The SMILES string of the molecule is c1ccc2nc(-c3ccc(-c4nc(-c5ccc(-c6ccc7ccccc7n6)cc5)c5cc(-c6ccc7c8ccccc8c8ccccc8c7c6)cc(-c6ccc7c8ccccc8c8ccccc8c7c6)c5n4)cc3)ccc2c1. The second-order valence-corrected chi connectivity index (χ2v) is 20.5. The van der Waals surface area contributed by atoms with Crippen LogP contribution in [-0.4, -0.2) is 19.9 Å². The fourth-order valence-corrected chi connectivity index (χ4v) is 12.2. The summed E-state index contributed by atoms with van der Waals surface area (Å²) in [5.74, 6) is 0.645. The van der Waals surface area contributed by atoms with E-state index in [4.69, 9.17) is 19.9 Å². The Hall–Kier alpha value is -10.4. The van der Waals surface area contributed by atoms with E-state index in [0.717, 1.165) is 94.3 Å². The average molecular weight is 989 g/mol. The zero-order chi connectivity index (χ0) is 51.3. The monoisotopic (exact) mass is 988 g/mol. The number of aromatic nitrogens is 4. The van der Waals surface area contributed by atoms with Crippen LogP contribution >= 0.6 is 0 Å². The van der Waals surface area contributed by atoms with Gasteiger partial charge in [0.2, 0.25) is 0 Å². The average Bonchev–Trinajstić information content (AvgIpc) is 3.71. The molecule has 0 saturated carbocycles. The Bertz CT molecular complexity index is 5070. The lowest BCUT2D eigenvalue weighted by Gasteiger charge is -2.17. The predicted molar refractivity (Wildman–Crippen MR) is 328 cm³/mol. The van der Waals surface area contributed by atoms with E-state index in [0.29, 0.717) is 5.82 Å². The van der Waals surface area contributed by atoms with Gasteiger partial charge in [-0.15, -0.1) is 0 Å². The highest BCUT2D eigenvalue weighted by Gasteiger charge is 2.21. The lowest BCUT2D eigenvalue weighted by Crippen LogP contribution is -1.98. The Kier molecular flexibility index (Phi) is 9.91. The molecule has 4 heteroatoms. The standard InChI is InChI=1S/C74H44N4/c1-11-23-68-45(13-1)35-39-70(75-68)47-25-29-49(30-26-47)72-67-44-53(51-33-37-62-58-19-5-3-15-54(58)56-17-7-9-21-60(56)65(62)41-51)43-64(52-34-38-63-59-20-6-4-16-55(59)57-18-8-10-22-61(57)66(63)42-52)73(67)78-74(77-72)50-31-27-48(28-32-50)71-40-36-46-14-2-12-24-69(46)76-71/h1-44H. The lowest BCUT2D eigenvalue weighted by molar-refractivity contribution is 1.23. The van der Waals surface area contributed by atoms with E-state index in [9.17, 15) is 0 Å². The Morgan fingerprint density at radius 3 is 1.08 bits per heavy atom. The summed E-state index contributed by atoms with van der Waals surface area (Å²) < 4.78 is 0. The van der Waals surface area contributed by atoms with Crippen LogP contribution in [0.25, 0.3) is 165 Å². The van der Waals surface area contributed by atoms with Crippen LogP contribution in [0, 0.1) is 0 Å². The molecule has 0 amide bonds. The number of rotatable bonds is 6. The van der Waals surface area contributed by atoms with Crippen LogP contribution in [0.4, 0.5) is 0 Å². The maximum atomic E-state index is 5.66. The summed E-state index contributed by atoms with van der Waals surface area (Å²) in [5, 5.41) is 18.0. The molecule has 0 spiro atoms. The van der Waals surface area contributed by atoms with E-state index in [1.165, 1.54) is 64.6 Å². The number of benzene rings is 13. The first kappa shape index (κ1) is 43.9. The molecular weight excluding hydrogens is 945 g/mol. The van der Waals surface area contributed by atoms with Crippen molar-refractivity contribution in [1.29, 1.82) is 0 Å². The Balaban J connectivity index is 0.955. The highest BCUT2D eigenvalue weighted by molar-refractivity contribution is 6.27. The molecule has 0 radical (unpaired) electrons. The first-order valence-electron chi connectivity index (χ1n) is 26.6. The van der Waals surface area contributed by atoms with Gasteiger partial charge in [0, 0.05) is 44.0 Å². The molecule has 16 rings (SSSR count). The summed E-state index contributed by atoms with van der Waals surface area (Å²) in [4.78, 5) is 21.4. The van der Waals surface area contributed by atoms with Gasteiger partial charge in [-0.1, -0.05) is 218 Å². The number of hydrogen-bond acceptors (Lipinski definition) is 4. The largest absolute Gasteiger partial charge is 0.248 e. The second kappa shape index (κ2) is 17.6. The van der Waals surface area contributed by atoms with Gasteiger partial charge in [-0.05, 0) is 130 Å². The summed E-state index contributed by atoms with van der Waals surface area (Å²) in [6.07, 6.45) is 0. The van der Waals surface area contributed by atoms with Crippen molar-refractivity contribution in [3.8, 4) is 67.4 Å². The Morgan fingerprint density at radius 1 is 0.205 bits per heavy atom. The molecule has 4 nitrogen and oxygen atoms in total. The third-order valence-electron chi connectivity index (χ3n) is 16.0.